The molecule has 3 aromatic rings. The molecule has 0 spiro atoms. The summed E-state index contributed by atoms with van der Waals surface area (Å²) in [6.07, 6.45) is 1.16. The maximum absolute atomic E-state index is 12.3. The molecule has 0 atom stereocenters. The van der Waals surface area contributed by atoms with Crippen molar-refractivity contribution in [1.29, 1.82) is 0 Å². The second kappa shape index (κ2) is 8.00. The number of carbonyl (C=O) groups is 2. The summed E-state index contributed by atoms with van der Waals surface area (Å²) < 4.78 is 23.0. The third-order valence-electron chi connectivity index (χ3n) is 4.68. The molecular formula is C21H21N3O4S. The Hall–Kier alpha value is -3.26. The predicted molar refractivity (Wildman–Crippen MR) is 110 cm³/mol. The maximum Gasteiger partial charge on any atom is 0.269 e. The van der Waals surface area contributed by atoms with Gasteiger partial charge in [0.1, 0.15) is 0 Å². The molecule has 29 heavy (non-hydrogen) atoms. The molecule has 150 valence electrons. The summed E-state index contributed by atoms with van der Waals surface area (Å²) in [4.78, 5) is 29.2. The van der Waals surface area contributed by atoms with Crippen LogP contribution in [0.25, 0.3) is 10.9 Å². The standard InChI is InChI=1S/C21H21N3O4S/c1-13-17-6-4-5-7-19(17)22-14(2)18(13)12-20(25)23-24-21(26)15-8-10-16(11-9-15)29(3,27)28/h4-11H,12H2,1-3H3,(H,23,25)(H,24,26). The van der Waals surface area contributed by atoms with Crippen molar-refractivity contribution in [3.63, 3.8) is 0 Å². The van der Waals surface area contributed by atoms with E-state index in [9.17, 15) is 18.0 Å². The number of aryl methyl sites for hydroxylation is 2. The number of benzene rings is 2. The molecule has 8 heteroatoms. The van der Waals surface area contributed by atoms with E-state index >= 15 is 0 Å². The van der Waals surface area contributed by atoms with Crippen molar-refractivity contribution in [2.75, 3.05) is 6.26 Å². The van der Waals surface area contributed by atoms with E-state index in [1.54, 1.807) is 0 Å². The van der Waals surface area contributed by atoms with Gasteiger partial charge in [-0.1, -0.05) is 18.2 Å². The molecule has 2 amide bonds. The number of sulfone groups is 1. The zero-order valence-corrected chi connectivity index (χ0v) is 17.1. The monoisotopic (exact) mass is 411 g/mol. The Kier molecular flexibility index (Phi) is 5.65. The van der Waals surface area contributed by atoms with Gasteiger partial charge in [-0.2, -0.15) is 0 Å². The molecule has 0 aliphatic carbocycles. The number of para-hydroxylation sites is 1. The molecule has 0 saturated carbocycles. The minimum atomic E-state index is -3.34. The van der Waals surface area contributed by atoms with Crippen LogP contribution in [-0.4, -0.2) is 31.5 Å². The number of hydrogen-bond acceptors (Lipinski definition) is 5. The van der Waals surface area contributed by atoms with Crippen molar-refractivity contribution in [3.05, 3.63) is 70.9 Å². The molecule has 7 nitrogen and oxygen atoms in total. The summed E-state index contributed by atoms with van der Waals surface area (Å²) in [5.41, 5.74) is 8.40. The first-order valence-electron chi connectivity index (χ1n) is 8.91. The third-order valence-corrected chi connectivity index (χ3v) is 5.81. The molecule has 1 aromatic heterocycles. The zero-order chi connectivity index (χ0) is 21.2. The Balaban J connectivity index is 1.67. The minimum absolute atomic E-state index is 0.0722. The fourth-order valence-electron chi connectivity index (χ4n) is 3.09. The van der Waals surface area contributed by atoms with E-state index in [0.29, 0.717) is 0 Å². The number of amides is 2. The molecule has 3 rings (SSSR count). The number of nitrogens with one attached hydrogen (secondary N) is 2. The van der Waals surface area contributed by atoms with E-state index in [1.165, 1.54) is 24.3 Å². The van der Waals surface area contributed by atoms with Crippen molar-refractivity contribution < 1.29 is 18.0 Å². The highest BCUT2D eigenvalue weighted by molar-refractivity contribution is 7.90. The normalized spacial score (nSPS) is 11.3. The molecule has 2 N–H and O–H groups in total. The van der Waals surface area contributed by atoms with Gasteiger partial charge in [0.05, 0.1) is 16.8 Å². The highest BCUT2D eigenvalue weighted by Gasteiger charge is 2.14. The van der Waals surface area contributed by atoms with Gasteiger partial charge in [-0.3, -0.25) is 25.4 Å². The van der Waals surface area contributed by atoms with Crippen molar-refractivity contribution in [3.8, 4) is 0 Å². The number of carbonyl (C=O) groups excluding carboxylic acids is 2. The lowest BCUT2D eigenvalue weighted by atomic mass is 9.99. The summed E-state index contributed by atoms with van der Waals surface area (Å²) in [7, 11) is -3.34. The first kappa shape index (κ1) is 20.5. The molecule has 0 saturated heterocycles. The molecule has 0 aliphatic heterocycles. The molecule has 0 unspecified atom stereocenters. The molecule has 0 radical (unpaired) electrons. The Morgan fingerprint density at radius 3 is 2.28 bits per heavy atom. The SMILES string of the molecule is Cc1nc2ccccc2c(C)c1CC(=O)NNC(=O)c1ccc(S(C)(=O)=O)cc1. The summed E-state index contributed by atoms with van der Waals surface area (Å²) in [5, 5.41) is 0.982. The first-order valence-corrected chi connectivity index (χ1v) is 10.8. The van der Waals surface area contributed by atoms with Crippen LogP contribution >= 0.6 is 0 Å². The number of fused-ring (bicyclic) bond motifs is 1. The Labute approximate surface area is 169 Å². The molecule has 2 aromatic carbocycles. The van der Waals surface area contributed by atoms with Gasteiger partial charge in [0.2, 0.25) is 5.91 Å². The van der Waals surface area contributed by atoms with Gasteiger partial charge in [0.25, 0.3) is 5.91 Å². The molecular weight excluding hydrogens is 390 g/mol. The van der Waals surface area contributed by atoms with Crippen LogP contribution in [0.1, 0.15) is 27.2 Å². The lowest BCUT2D eigenvalue weighted by Gasteiger charge is -2.13. The average molecular weight is 411 g/mol. The lowest BCUT2D eigenvalue weighted by molar-refractivity contribution is -0.121. The maximum atomic E-state index is 12.3. The summed E-state index contributed by atoms with van der Waals surface area (Å²) in [6.45, 7) is 3.80. The van der Waals surface area contributed by atoms with Gasteiger partial charge >= 0.3 is 0 Å². The van der Waals surface area contributed by atoms with Gasteiger partial charge in [0, 0.05) is 22.9 Å². The summed E-state index contributed by atoms with van der Waals surface area (Å²) >= 11 is 0. The summed E-state index contributed by atoms with van der Waals surface area (Å²) in [5.74, 6) is -0.919. The van der Waals surface area contributed by atoms with E-state index in [-0.39, 0.29) is 22.8 Å². The van der Waals surface area contributed by atoms with Crippen molar-refractivity contribution in [2.45, 2.75) is 25.2 Å². The number of nitrogens with zero attached hydrogens (tertiary/aromatic N) is 1. The van der Waals surface area contributed by atoms with Crippen molar-refractivity contribution in [2.24, 2.45) is 0 Å². The molecule has 1 heterocycles. The highest BCUT2D eigenvalue weighted by atomic mass is 32.2. The zero-order valence-electron chi connectivity index (χ0n) is 16.3. The van der Waals surface area contributed by atoms with Crippen LogP contribution in [0.2, 0.25) is 0 Å². The van der Waals surface area contributed by atoms with Gasteiger partial charge in [-0.05, 0) is 55.3 Å². The number of hydrogen-bond donors (Lipinski definition) is 2. The van der Waals surface area contributed by atoms with E-state index in [1.807, 2.05) is 38.1 Å². The second-order valence-corrected chi connectivity index (χ2v) is 8.81. The van der Waals surface area contributed by atoms with Crippen molar-refractivity contribution in [1.82, 2.24) is 15.8 Å². The van der Waals surface area contributed by atoms with Crippen LogP contribution in [0.15, 0.2) is 53.4 Å². The first-order chi connectivity index (χ1) is 13.7. The Morgan fingerprint density at radius 2 is 1.62 bits per heavy atom. The van der Waals surface area contributed by atoms with E-state index < -0.39 is 15.7 Å². The van der Waals surface area contributed by atoms with Crippen LogP contribution in [-0.2, 0) is 21.1 Å². The van der Waals surface area contributed by atoms with Gasteiger partial charge in [0.15, 0.2) is 9.84 Å². The average Bonchev–Trinajstić information content (AvgIpc) is 2.68. The fourth-order valence-corrected chi connectivity index (χ4v) is 3.72. The highest BCUT2D eigenvalue weighted by Crippen LogP contribution is 2.22. The van der Waals surface area contributed by atoms with Gasteiger partial charge < -0.3 is 0 Å². The van der Waals surface area contributed by atoms with E-state index in [2.05, 4.69) is 15.8 Å². The van der Waals surface area contributed by atoms with Crippen molar-refractivity contribution >= 4 is 32.6 Å². The number of hydrazine groups is 1. The van der Waals surface area contributed by atoms with Crippen LogP contribution in [0.4, 0.5) is 0 Å². The number of rotatable bonds is 4. The topological polar surface area (TPSA) is 105 Å². The smallest absolute Gasteiger partial charge is 0.269 e. The van der Waals surface area contributed by atoms with E-state index in [4.69, 9.17) is 0 Å². The lowest BCUT2D eigenvalue weighted by Crippen LogP contribution is -2.42. The Morgan fingerprint density at radius 1 is 0.966 bits per heavy atom. The van der Waals surface area contributed by atoms with Crippen LogP contribution in [0.5, 0.6) is 0 Å². The third kappa shape index (κ3) is 4.60. The van der Waals surface area contributed by atoms with Crippen LogP contribution in [0, 0.1) is 13.8 Å². The van der Waals surface area contributed by atoms with E-state index in [0.717, 1.165) is 34.0 Å². The fraction of sp³-hybridized carbons (Fsp3) is 0.190. The summed E-state index contributed by atoms with van der Waals surface area (Å²) in [6, 6.07) is 13.2. The van der Waals surface area contributed by atoms with Gasteiger partial charge in [-0.25, -0.2) is 8.42 Å². The quantitative estimate of drug-likeness (QED) is 0.641. The molecule has 0 fully saturated rings. The molecule has 0 bridgehead atoms. The number of aromatic nitrogens is 1. The minimum Gasteiger partial charge on any atom is -0.273 e. The van der Waals surface area contributed by atoms with Crippen LogP contribution in [0.3, 0.4) is 0 Å². The predicted octanol–water partition coefficient (Wildman–Crippen LogP) is 2.26. The van der Waals surface area contributed by atoms with Crippen LogP contribution < -0.4 is 10.9 Å². The second-order valence-electron chi connectivity index (χ2n) is 6.79. The molecule has 0 aliphatic rings. The number of pyridine rings is 1. The van der Waals surface area contributed by atoms with Gasteiger partial charge in [-0.15, -0.1) is 0 Å². The largest absolute Gasteiger partial charge is 0.273 e. The Bertz CT molecular complexity index is 1200.